The predicted octanol–water partition coefficient (Wildman–Crippen LogP) is 4.45. The fourth-order valence-corrected chi connectivity index (χ4v) is 3.85. The highest BCUT2D eigenvalue weighted by atomic mass is 35.5. The molecule has 0 saturated carbocycles. The normalized spacial score (nSPS) is 10.8. The summed E-state index contributed by atoms with van der Waals surface area (Å²) in [6.07, 6.45) is 0. The van der Waals surface area contributed by atoms with Gasteiger partial charge in [0.2, 0.25) is 0 Å². The van der Waals surface area contributed by atoms with Gasteiger partial charge in [0.05, 0.1) is 15.1 Å². The number of anilines is 1. The Balaban J connectivity index is 0.00000300. The van der Waals surface area contributed by atoms with E-state index in [9.17, 15) is 14.9 Å². The van der Waals surface area contributed by atoms with Gasteiger partial charge in [-0.2, -0.15) is 0 Å². The van der Waals surface area contributed by atoms with Crippen LogP contribution in [0.15, 0.2) is 36.4 Å². The van der Waals surface area contributed by atoms with Crippen LogP contribution in [-0.2, 0) is 0 Å². The Kier molecular flexibility index (Phi) is 7.29. The Bertz CT molecular complexity index is 1010. The van der Waals surface area contributed by atoms with Gasteiger partial charge >= 0.3 is 0 Å². The molecule has 0 N–H and O–H groups in total. The number of nitro groups is 1. The van der Waals surface area contributed by atoms with Crippen LogP contribution in [0.2, 0.25) is 0 Å². The molecular formula is C20H23ClN4O3S. The van der Waals surface area contributed by atoms with Gasteiger partial charge in [-0.15, -0.1) is 12.4 Å². The van der Waals surface area contributed by atoms with E-state index in [2.05, 4.69) is 11.1 Å². The van der Waals surface area contributed by atoms with Crippen molar-refractivity contribution in [2.24, 2.45) is 0 Å². The maximum atomic E-state index is 13.2. The zero-order chi connectivity index (χ0) is 20.4. The van der Waals surface area contributed by atoms with Crippen molar-refractivity contribution in [3.8, 4) is 0 Å². The molecule has 2 aromatic carbocycles. The summed E-state index contributed by atoms with van der Waals surface area (Å²) in [4.78, 5) is 32.0. The molecule has 1 heterocycles. The summed E-state index contributed by atoms with van der Waals surface area (Å²) in [5.41, 5.74) is 3.35. The Hall–Kier alpha value is -2.55. The predicted molar refractivity (Wildman–Crippen MR) is 120 cm³/mol. The van der Waals surface area contributed by atoms with Crippen molar-refractivity contribution in [1.82, 2.24) is 9.88 Å². The molecule has 3 rings (SSSR count). The highest BCUT2D eigenvalue weighted by Crippen LogP contribution is 2.31. The van der Waals surface area contributed by atoms with Crippen LogP contribution in [0.4, 0.5) is 10.8 Å². The van der Waals surface area contributed by atoms with Crippen LogP contribution >= 0.6 is 23.7 Å². The van der Waals surface area contributed by atoms with E-state index in [4.69, 9.17) is 0 Å². The van der Waals surface area contributed by atoms with Crippen LogP contribution in [0.1, 0.15) is 21.5 Å². The minimum absolute atomic E-state index is 0. The lowest BCUT2D eigenvalue weighted by Crippen LogP contribution is -2.36. The zero-order valence-electron chi connectivity index (χ0n) is 16.7. The molecule has 0 fully saturated rings. The Labute approximate surface area is 179 Å². The third-order valence-electron chi connectivity index (χ3n) is 4.54. The summed E-state index contributed by atoms with van der Waals surface area (Å²) in [6, 6.07) is 9.91. The first kappa shape index (κ1) is 22.7. The van der Waals surface area contributed by atoms with Crippen molar-refractivity contribution in [2.45, 2.75) is 13.8 Å². The second-order valence-corrected chi connectivity index (χ2v) is 7.98. The molecule has 7 nitrogen and oxygen atoms in total. The number of likely N-dealkylation sites (N-methyl/N-ethyl adjacent to an activating group) is 1. The monoisotopic (exact) mass is 434 g/mol. The number of non-ortho nitro benzene ring substituents is 1. The molecule has 0 unspecified atom stereocenters. The van der Waals surface area contributed by atoms with E-state index in [1.165, 1.54) is 35.1 Å². The van der Waals surface area contributed by atoms with Gasteiger partial charge in [-0.25, -0.2) is 4.98 Å². The molecule has 0 radical (unpaired) electrons. The molecule has 0 aliphatic heterocycles. The van der Waals surface area contributed by atoms with Crippen molar-refractivity contribution in [2.75, 3.05) is 32.1 Å². The second-order valence-electron chi connectivity index (χ2n) is 6.97. The standard InChI is InChI=1S/C20H22N4O3S.ClH/c1-13-10-17-18(11-14(13)2)28-20(21-17)23(9-8-22(3)4)19(25)15-6-5-7-16(12-15)24(26)27;/h5-7,10-12H,8-9H2,1-4H3;1H. The number of benzene rings is 2. The lowest BCUT2D eigenvalue weighted by Gasteiger charge is -2.22. The van der Waals surface area contributed by atoms with Crippen molar-refractivity contribution >= 4 is 50.7 Å². The zero-order valence-corrected chi connectivity index (χ0v) is 18.3. The number of aromatic nitrogens is 1. The van der Waals surface area contributed by atoms with Crippen molar-refractivity contribution in [1.29, 1.82) is 0 Å². The molecule has 0 atom stereocenters. The molecule has 0 aliphatic rings. The van der Waals surface area contributed by atoms with E-state index in [0.717, 1.165) is 15.8 Å². The number of amides is 1. The van der Waals surface area contributed by atoms with Crippen molar-refractivity contribution < 1.29 is 9.72 Å². The summed E-state index contributed by atoms with van der Waals surface area (Å²) in [5, 5.41) is 11.7. The number of thiazole rings is 1. The lowest BCUT2D eigenvalue weighted by molar-refractivity contribution is -0.384. The number of halogens is 1. The van der Waals surface area contributed by atoms with Crippen LogP contribution in [0.5, 0.6) is 0 Å². The molecule has 1 aromatic heterocycles. The average molecular weight is 435 g/mol. The number of carbonyl (C=O) groups excluding carboxylic acids is 1. The highest BCUT2D eigenvalue weighted by Gasteiger charge is 2.23. The first-order valence-corrected chi connectivity index (χ1v) is 9.67. The molecule has 0 bridgehead atoms. The number of aryl methyl sites for hydroxylation is 2. The number of hydrogen-bond donors (Lipinski definition) is 0. The fourth-order valence-electron chi connectivity index (χ4n) is 2.78. The van der Waals surface area contributed by atoms with Gasteiger partial charge < -0.3 is 4.90 Å². The molecule has 29 heavy (non-hydrogen) atoms. The lowest BCUT2D eigenvalue weighted by atomic mass is 10.1. The smallest absolute Gasteiger partial charge is 0.270 e. The van der Waals surface area contributed by atoms with Crippen LogP contribution in [-0.4, -0.2) is 47.9 Å². The van der Waals surface area contributed by atoms with Gasteiger partial charge in [0, 0.05) is 30.8 Å². The summed E-state index contributed by atoms with van der Waals surface area (Å²) in [6.45, 7) is 5.17. The van der Waals surface area contributed by atoms with Gasteiger partial charge in [-0.05, 0) is 57.3 Å². The number of fused-ring (bicyclic) bond motifs is 1. The SMILES string of the molecule is Cc1cc2nc(N(CCN(C)C)C(=O)c3cccc([N+](=O)[O-])c3)sc2cc1C.Cl. The molecular weight excluding hydrogens is 412 g/mol. The topological polar surface area (TPSA) is 79.6 Å². The highest BCUT2D eigenvalue weighted by molar-refractivity contribution is 7.22. The minimum atomic E-state index is -0.496. The average Bonchev–Trinajstić information content (AvgIpc) is 3.04. The largest absolute Gasteiger partial charge is 0.308 e. The molecule has 0 saturated heterocycles. The summed E-state index contributed by atoms with van der Waals surface area (Å²) >= 11 is 1.46. The van der Waals surface area contributed by atoms with E-state index in [0.29, 0.717) is 18.2 Å². The van der Waals surface area contributed by atoms with Gasteiger partial charge in [0.15, 0.2) is 5.13 Å². The van der Waals surface area contributed by atoms with Crippen LogP contribution in [0.3, 0.4) is 0 Å². The van der Waals surface area contributed by atoms with Gasteiger partial charge in [0.1, 0.15) is 0 Å². The number of hydrogen-bond acceptors (Lipinski definition) is 6. The maximum absolute atomic E-state index is 13.2. The summed E-state index contributed by atoms with van der Waals surface area (Å²) < 4.78 is 1.01. The minimum Gasteiger partial charge on any atom is -0.308 e. The van der Waals surface area contributed by atoms with Crippen LogP contribution < -0.4 is 4.90 Å². The third kappa shape index (κ3) is 5.09. The van der Waals surface area contributed by atoms with Crippen LogP contribution in [0, 0.1) is 24.0 Å². The quantitative estimate of drug-likeness (QED) is 0.423. The second kappa shape index (κ2) is 9.30. The van der Waals surface area contributed by atoms with Gasteiger partial charge in [-0.3, -0.25) is 19.8 Å². The molecule has 0 aliphatic carbocycles. The van der Waals surface area contributed by atoms with E-state index in [-0.39, 0.29) is 29.6 Å². The van der Waals surface area contributed by atoms with E-state index >= 15 is 0 Å². The van der Waals surface area contributed by atoms with Gasteiger partial charge in [0.25, 0.3) is 11.6 Å². The first-order valence-electron chi connectivity index (χ1n) is 8.85. The number of rotatable bonds is 6. The fraction of sp³-hybridized carbons (Fsp3) is 0.300. The van der Waals surface area contributed by atoms with Crippen molar-refractivity contribution in [3.05, 3.63) is 63.2 Å². The van der Waals surface area contributed by atoms with E-state index in [1.54, 1.807) is 11.0 Å². The Morgan fingerprint density at radius 2 is 1.83 bits per heavy atom. The molecule has 3 aromatic rings. The molecule has 0 spiro atoms. The molecule has 1 amide bonds. The summed E-state index contributed by atoms with van der Waals surface area (Å²) in [7, 11) is 3.86. The number of nitro benzene ring substituents is 1. The van der Waals surface area contributed by atoms with Gasteiger partial charge in [-0.1, -0.05) is 17.4 Å². The maximum Gasteiger partial charge on any atom is 0.270 e. The number of nitrogens with zero attached hydrogens (tertiary/aromatic N) is 4. The Morgan fingerprint density at radius 1 is 1.14 bits per heavy atom. The summed E-state index contributed by atoms with van der Waals surface area (Å²) in [5.74, 6) is -0.293. The Morgan fingerprint density at radius 3 is 2.48 bits per heavy atom. The molecule has 154 valence electrons. The first-order chi connectivity index (χ1) is 13.3. The van der Waals surface area contributed by atoms with E-state index < -0.39 is 4.92 Å². The van der Waals surface area contributed by atoms with E-state index in [1.807, 2.05) is 38.9 Å². The number of carbonyl (C=O) groups is 1. The third-order valence-corrected chi connectivity index (χ3v) is 5.58. The van der Waals surface area contributed by atoms with Crippen LogP contribution in [0.25, 0.3) is 10.2 Å². The molecule has 9 heteroatoms. The van der Waals surface area contributed by atoms with Crippen molar-refractivity contribution in [3.63, 3.8) is 0 Å².